The van der Waals surface area contributed by atoms with Crippen molar-refractivity contribution in [3.8, 4) is 17.6 Å². The molecule has 0 heterocycles. The van der Waals surface area contributed by atoms with Crippen LogP contribution < -0.4 is 20.9 Å². The second-order valence-corrected chi connectivity index (χ2v) is 10.1. The zero-order chi connectivity index (χ0) is 32.5. The number of halogens is 2. The van der Waals surface area contributed by atoms with Gasteiger partial charge < -0.3 is 30.4 Å². The molecule has 0 aliphatic heterocycles. The van der Waals surface area contributed by atoms with E-state index in [0.717, 1.165) is 12.8 Å². The summed E-state index contributed by atoms with van der Waals surface area (Å²) in [4.78, 5) is 24.1. The number of rotatable bonds is 18. The Labute approximate surface area is 261 Å². The summed E-state index contributed by atoms with van der Waals surface area (Å²) in [5.41, 5.74) is 12.7. The Hall–Kier alpha value is -5.11. The molecule has 0 aliphatic carbocycles. The summed E-state index contributed by atoms with van der Waals surface area (Å²) in [7, 11) is 0. The molecule has 11 heteroatoms. The first-order chi connectivity index (χ1) is 21.7. The van der Waals surface area contributed by atoms with E-state index in [-0.39, 0.29) is 24.5 Å². The maximum absolute atomic E-state index is 14.7. The number of ether oxygens (including phenoxy) is 4. The van der Waals surface area contributed by atoms with Crippen molar-refractivity contribution in [1.29, 1.82) is 5.26 Å². The second-order valence-electron chi connectivity index (χ2n) is 10.1. The standard InChI is InChI=1S/C34H37F2N3O6/c35-34(36,27-11-15-30(16-12-27)42-19-7-3-4-18-37)45-31-13-8-25(9-14-31)10-17-32(40)43-20-5-1-2-6-21-44-33(41)26-22-28(38)24-29(39)23-26/h8-17,22-24H,1-7,19-21,38-39H2. The molecule has 0 amide bonds. The molecule has 0 unspecified atom stereocenters. The average Bonchev–Trinajstić information content (AvgIpc) is 3.01. The Balaban J connectivity index is 1.30. The van der Waals surface area contributed by atoms with E-state index in [1.54, 1.807) is 18.2 Å². The molecule has 0 radical (unpaired) electrons. The van der Waals surface area contributed by atoms with Gasteiger partial charge in [-0.3, -0.25) is 0 Å². The minimum absolute atomic E-state index is 0.0400. The van der Waals surface area contributed by atoms with E-state index >= 15 is 0 Å². The van der Waals surface area contributed by atoms with Gasteiger partial charge in [-0.15, -0.1) is 0 Å². The lowest BCUT2D eigenvalue weighted by atomic mass is 10.2. The highest BCUT2D eigenvalue weighted by atomic mass is 19.3. The highest BCUT2D eigenvalue weighted by Gasteiger charge is 2.34. The molecule has 3 aromatic rings. The molecule has 0 saturated heterocycles. The first-order valence-corrected chi connectivity index (χ1v) is 14.6. The third kappa shape index (κ3) is 12.6. The number of esters is 2. The van der Waals surface area contributed by atoms with Crippen molar-refractivity contribution in [3.05, 3.63) is 89.5 Å². The number of hydrogen-bond acceptors (Lipinski definition) is 9. The summed E-state index contributed by atoms with van der Waals surface area (Å²) in [6.45, 7) is 0.896. The lowest BCUT2D eigenvalue weighted by Gasteiger charge is -2.18. The number of anilines is 2. The molecular formula is C34H37F2N3O6. The topological polar surface area (TPSA) is 147 Å². The third-order valence-electron chi connectivity index (χ3n) is 6.41. The molecule has 0 saturated carbocycles. The van der Waals surface area contributed by atoms with Crippen LogP contribution in [0.3, 0.4) is 0 Å². The molecule has 9 nitrogen and oxygen atoms in total. The molecule has 3 aromatic carbocycles. The van der Waals surface area contributed by atoms with Gasteiger partial charge in [0.2, 0.25) is 0 Å². The number of nitrogens with zero attached hydrogens (tertiary/aromatic N) is 1. The fourth-order valence-electron chi connectivity index (χ4n) is 4.08. The van der Waals surface area contributed by atoms with Crippen LogP contribution in [0.15, 0.2) is 72.8 Å². The highest BCUT2D eigenvalue weighted by Crippen LogP contribution is 2.32. The van der Waals surface area contributed by atoms with Crippen LogP contribution in [-0.4, -0.2) is 31.8 Å². The van der Waals surface area contributed by atoms with Crippen LogP contribution >= 0.6 is 0 Å². The maximum atomic E-state index is 14.7. The number of unbranched alkanes of at least 4 members (excludes halogenated alkanes) is 5. The molecule has 0 atom stereocenters. The van der Waals surface area contributed by atoms with E-state index in [1.165, 1.54) is 60.7 Å². The van der Waals surface area contributed by atoms with Crippen LogP contribution in [0.4, 0.5) is 20.2 Å². The van der Waals surface area contributed by atoms with Crippen molar-refractivity contribution in [2.24, 2.45) is 0 Å². The lowest BCUT2D eigenvalue weighted by Crippen LogP contribution is -2.21. The molecular weight excluding hydrogens is 584 g/mol. The fraction of sp³-hybridized carbons (Fsp3) is 0.324. The number of carbonyl (C=O) groups excluding carboxylic acids is 2. The minimum atomic E-state index is -3.57. The largest absolute Gasteiger partial charge is 0.494 e. The van der Waals surface area contributed by atoms with E-state index in [2.05, 4.69) is 6.07 Å². The van der Waals surface area contributed by atoms with Gasteiger partial charge in [-0.05, 0) is 105 Å². The summed E-state index contributed by atoms with van der Waals surface area (Å²) in [5, 5.41) is 8.54. The van der Waals surface area contributed by atoms with Crippen LogP contribution in [0.2, 0.25) is 0 Å². The SMILES string of the molecule is N#CCCCCOc1ccc(C(F)(F)Oc2ccc(C=CC(=O)OCCCCCCOC(=O)c3cc(N)cc(N)c3)cc2)cc1. The highest BCUT2D eigenvalue weighted by molar-refractivity contribution is 5.91. The van der Waals surface area contributed by atoms with E-state index in [1.807, 2.05) is 0 Å². The van der Waals surface area contributed by atoms with Crippen LogP contribution in [-0.2, 0) is 20.4 Å². The number of nitriles is 1. The van der Waals surface area contributed by atoms with Gasteiger partial charge in [0.05, 0.1) is 37.0 Å². The van der Waals surface area contributed by atoms with Crippen LogP contribution in [0.1, 0.15) is 66.4 Å². The third-order valence-corrected chi connectivity index (χ3v) is 6.41. The van der Waals surface area contributed by atoms with E-state index in [4.69, 9.17) is 35.7 Å². The van der Waals surface area contributed by atoms with Gasteiger partial charge in [-0.25, -0.2) is 9.59 Å². The fourth-order valence-corrected chi connectivity index (χ4v) is 4.08. The smallest absolute Gasteiger partial charge is 0.426 e. The van der Waals surface area contributed by atoms with E-state index < -0.39 is 18.0 Å². The summed E-state index contributed by atoms with van der Waals surface area (Å²) in [5.74, 6) is -0.587. The van der Waals surface area contributed by atoms with Gasteiger partial charge in [0, 0.05) is 23.9 Å². The molecule has 45 heavy (non-hydrogen) atoms. The van der Waals surface area contributed by atoms with Crippen LogP contribution in [0.5, 0.6) is 11.5 Å². The van der Waals surface area contributed by atoms with E-state index in [9.17, 15) is 18.4 Å². The average molecular weight is 622 g/mol. The lowest BCUT2D eigenvalue weighted by molar-refractivity contribution is -0.185. The van der Waals surface area contributed by atoms with Crippen molar-refractivity contribution in [1.82, 2.24) is 0 Å². The van der Waals surface area contributed by atoms with Crippen LogP contribution in [0.25, 0.3) is 6.08 Å². The van der Waals surface area contributed by atoms with Gasteiger partial charge in [0.25, 0.3) is 0 Å². The Morgan fingerprint density at radius 1 is 0.778 bits per heavy atom. The number of benzene rings is 3. The van der Waals surface area contributed by atoms with Crippen molar-refractivity contribution < 1.29 is 37.3 Å². The molecule has 3 rings (SSSR count). The molecule has 0 bridgehead atoms. The van der Waals surface area contributed by atoms with Crippen molar-refractivity contribution in [2.45, 2.75) is 51.1 Å². The number of alkyl halides is 2. The predicted molar refractivity (Wildman–Crippen MR) is 166 cm³/mol. The van der Waals surface area contributed by atoms with Gasteiger partial charge >= 0.3 is 18.0 Å². The summed E-state index contributed by atoms with van der Waals surface area (Å²) in [6, 6.07) is 17.9. The molecule has 4 N–H and O–H groups in total. The monoisotopic (exact) mass is 621 g/mol. The molecule has 0 aliphatic rings. The summed E-state index contributed by atoms with van der Waals surface area (Å²) >= 11 is 0. The Morgan fingerprint density at radius 3 is 2.02 bits per heavy atom. The second kappa shape index (κ2) is 17.9. The number of nitrogen functional groups attached to an aromatic ring is 2. The molecule has 0 aromatic heterocycles. The van der Waals surface area contributed by atoms with Gasteiger partial charge in [0.15, 0.2) is 0 Å². The predicted octanol–water partition coefficient (Wildman–Crippen LogP) is 7.03. The van der Waals surface area contributed by atoms with Crippen LogP contribution in [0, 0.1) is 11.3 Å². The molecule has 0 spiro atoms. The van der Waals surface area contributed by atoms with Crippen molar-refractivity contribution in [2.75, 3.05) is 31.3 Å². The van der Waals surface area contributed by atoms with Gasteiger partial charge in [-0.2, -0.15) is 14.0 Å². The number of carbonyl (C=O) groups is 2. The molecule has 238 valence electrons. The number of hydrogen-bond donors (Lipinski definition) is 2. The summed E-state index contributed by atoms with van der Waals surface area (Å²) in [6.07, 6.45) is 3.98. The Morgan fingerprint density at radius 2 is 1.38 bits per heavy atom. The van der Waals surface area contributed by atoms with E-state index in [0.29, 0.717) is 67.0 Å². The normalized spacial score (nSPS) is 11.1. The quantitative estimate of drug-likeness (QED) is 0.0661. The van der Waals surface area contributed by atoms with Crippen molar-refractivity contribution in [3.63, 3.8) is 0 Å². The Bertz CT molecular complexity index is 1430. The maximum Gasteiger partial charge on any atom is 0.426 e. The Kier molecular flexibility index (Phi) is 13.7. The zero-order valence-corrected chi connectivity index (χ0v) is 24.9. The number of nitrogens with two attached hydrogens (primary N) is 2. The minimum Gasteiger partial charge on any atom is -0.494 e. The summed E-state index contributed by atoms with van der Waals surface area (Å²) < 4.78 is 50.2. The van der Waals surface area contributed by atoms with Gasteiger partial charge in [0.1, 0.15) is 11.5 Å². The molecule has 0 fully saturated rings. The first-order valence-electron chi connectivity index (χ1n) is 14.6. The first kappa shape index (κ1) is 34.4. The zero-order valence-electron chi connectivity index (χ0n) is 24.9. The van der Waals surface area contributed by atoms with Gasteiger partial charge in [-0.1, -0.05) is 12.1 Å². The van der Waals surface area contributed by atoms with Crippen molar-refractivity contribution >= 4 is 29.4 Å².